The summed E-state index contributed by atoms with van der Waals surface area (Å²) in [7, 11) is 0. The lowest BCUT2D eigenvalue weighted by Crippen LogP contribution is -2.72. The number of carbonyl (C=O) groups excluding carboxylic acids is 1. The van der Waals surface area contributed by atoms with E-state index in [9.17, 15) is 4.79 Å². The first-order chi connectivity index (χ1) is 16.2. The molecule has 8 heteroatoms. The third-order valence-electron chi connectivity index (χ3n) is 6.47. The lowest BCUT2D eigenvalue weighted by molar-refractivity contribution is -0.130. The molecule has 2 aliphatic heterocycles. The zero-order valence-corrected chi connectivity index (χ0v) is 22.0. The number of carbonyl (C=O) groups is 1. The van der Waals surface area contributed by atoms with Gasteiger partial charge in [0.2, 0.25) is 5.91 Å². The molecule has 3 aromatic rings. The van der Waals surface area contributed by atoms with Gasteiger partial charge in [0.15, 0.2) is 10.8 Å². The van der Waals surface area contributed by atoms with Gasteiger partial charge in [0.1, 0.15) is 11.7 Å². The predicted octanol–water partition coefficient (Wildman–Crippen LogP) is 6.52. The zero-order valence-electron chi connectivity index (χ0n) is 18.9. The molecular weight excluding hydrogens is 534 g/mol. The van der Waals surface area contributed by atoms with E-state index in [1.165, 1.54) is 0 Å². The number of benzene rings is 3. The molecule has 34 heavy (non-hydrogen) atoms. The van der Waals surface area contributed by atoms with Gasteiger partial charge in [0, 0.05) is 26.4 Å². The number of rotatable bonds is 3. The van der Waals surface area contributed by atoms with Crippen LogP contribution in [0.15, 0.2) is 65.1 Å². The van der Waals surface area contributed by atoms with Crippen molar-refractivity contribution in [2.24, 2.45) is 5.92 Å². The number of thiocarbonyl (C=S) groups is 1. The van der Waals surface area contributed by atoms with Gasteiger partial charge in [-0.25, -0.2) is 0 Å². The maximum absolute atomic E-state index is 13.9. The van der Waals surface area contributed by atoms with Crippen molar-refractivity contribution in [2.45, 2.75) is 32.5 Å². The smallest absolute Gasteiger partial charge is 0.236 e. The molecule has 1 fully saturated rings. The Balaban J connectivity index is 1.63. The van der Waals surface area contributed by atoms with Crippen LogP contribution in [0.5, 0.6) is 5.75 Å². The van der Waals surface area contributed by atoms with E-state index in [1.54, 1.807) is 6.07 Å². The van der Waals surface area contributed by atoms with E-state index in [1.807, 2.05) is 80.3 Å². The molecular formula is C26H23BrClN3O2S. The SMILES string of the molecule is Cc1ccc(NC(=O)[C@@H]2[C@@H]3NC(=S)N(c4ccc(Br)cc4)[C@@]2(C)Oc2ccc(Cl)cc23)c(C)c1. The average molecular weight is 557 g/mol. The van der Waals surface area contributed by atoms with E-state index < -0.39 is 17.7 Å². The summed E-state index contributed by atoms with van der Waals surface area (Å²) in [6.07, 6.45) is 0. The molecule has 0 spiro atoms. The summed E-state index contributed by atoms with van der Waals surface area (Å²) in [5, 5.41) is 7.59. The van der Waals surface area contributed by atoms with Gasteiger partial charge >= 0.3 is 0 Å². The second kappa shape index (κ2) is 8.56. The summed E-state index contributed by atoms with van der Waals surface area (Å²) in [4.78, 5) is 15.8. The third kappa shape index (κ3) is 3.85. The van der Waals surface area contributed by atoms with Crippen molar-refractivity contribution in [3.05, 3.63) is 86.8 Å². The highest BCUT2D eigenvalue weighted by molar-refractivity contribution is 9.10. The first-order valence-electron chi connectivity index (χ1n) is 10.9. The Morgan fingerprint density at radius 1 is 1.15 bits per heavy atom. The normalized spacial score (nSPS) is 23.0. The van der Waals surface area contributed by atoms with E-state index in [0.29, 0.717) is 15.9 Å². The molecule has 1 saturated heterocycles. The highest BCUT2D eigenvalue weighted by Crippen LogP contribution is 2.50. The molecule has 0 unspecified atom stereocenters. The highest BCUT2D eigenvalue weighted by Gasteiger charge is 2.59. The van der Waals surface area contributed by atoms with E-state index >= 15 is 0 Å². The van der Waals surface area contributed by atoms with Crippen LogP contribution in [0.4, 0.5) is 11.4 Å². The number of nitrogens with one attached hydrogen (secondary N) is 2. The summed E-state index contributed by atoms with van der Waals surface area (Å²) in [6.45, 7) is 5.93. The molecule has 174 valence electrons. The van der Waals surface area contributed by atoms with E-state index in [0.717, 1.165) is 32.5 Å². The molecule has 2 bridgehead atoms. The summed E-state index contributed by atoms with van der Waals surface area (Å²) in [5.74, 6) is -0.124. The second-order valence-corrected chi connectivity index (χ2v) is 10.6. The molecule has 5 rings (SSSR count). The number of anilines is 2. The van der Waals surface area contributed by atoms with Crippen LogP contribution < -0.4 is 20.3 Å². The molecule has 3 aromatic carbocycles. The molecule has 2 N–H and O–H groups in total. The topological polar surface area (TPSA) is 53.6 Å². The van der Waals surface area contributed by atoms with E-state index in [4.69, 9.17) is 28.6 Å². The Hall–Kier alpha value is -2.61. The van der Waals surface area contributed by atoms with Crippen LogP contribution in [0.3, 0.4) is 0 Å². The average Bonchev–Trinajstić information content (AvgIpc) is 2.77. The number of fused-ring (bicyclic) bond motifs is 4. The quantitative estimate of drug-likeness (QED) is 0.360. The lowest BCUT2D eigenvalue weighted by atomic mass is 9.78. The van der Waals surface area contributed by atoms with Crippen molar-refractivity contribution >= 4 is 62.1 Å². The Bertz CT molecular complexity index is 1320. The van der Waals surface area contributed by atoms with Gasteiger partial charge in [-0.15, -0.1) is 0 Å². The van der Waals surface area contributed by atoms with Gasteiger partial charge in [-0.1, -0.05) is 45.2 Å². The van der Waals surface area contributed by atoms with Gasteiger partial charge in [-0.3, -0.25) is 9.69 Å². The van der Waals surface area contributed by atoms with Crippen molar-refractivity contribution in [3.8, 4) is 5.75 Å². The van der Waals surface area contributed by atoms with E-state index in [2.05, 4.69) is 26.6 Å². The summed E-state index contributed by atoms with van der Waals surface area (Å²) >= 11 is 15.6. The van der Waals surface area contributed by atoms with Crippen molar-refractivity contribution in [2.75, 3.05) is 10.2 Å². The summed E-state index contributed by atoms with van der Waals surface area (Å²) in [6, 6.07) is 18.8. The van der Waals surface area contributed by atoms with Crippen molar-refractivity contribution < 1.29 is 9.53 Å². The standard InChI is InChI=1S/C26H23BrClN3O2S/c1-14-4-10-20(15(2)12-14)29-24(32)22-23-19-13-17(28)7-11-21(19)33-26(22,3)31(25(34)30-23)18-8-5-16(27)6-9-18/h4-13,22-23H,1-3H3,(H,29,32)(H,30,34)/t22-,23+,26-/m0/s1. The van der Waals surface area contributed by atoms with Crippen molar-refractivity contribution in [1.29, 1.82) is 0 Å². The Morgan fingerprint density at radius 2 is 1.88 bits per heavy atom. The molecule has 5 nitrogen and oxygen atoms in total. The van der Waals surface area contributed by atoms with Gasteiger partial charge < -0.3 is 15.4 Å². The van der Waals surface area contributed by atoms with Crippen LogP contribution >= 0.6 is 39.7 Å². The molecule has 3 atom stereocenters. The Morgan fingerprint density at radius 3 is 2.59 bits per heavy atom. The Kier molecular flexibility index (Phi) is 5.82. The maximum Gasteiger partial charge on any atom is 0.236 e. The molecule has 1 amide bonds. The lowest BCUT2D eigenvalue weighted by Gasteiger charge is -2.56. The van der Waals surface area contributed by atoms with Gasteiger partial charge in [0.25, 0.3) is 0 Å². The monoisotopic (exact) mass is 555 g/mol. The number of amides is 1. The number of halogens is 2. The summed E-state index contributed by atoms with van der Waals surface area (Å²) in [5.41, 5.74) is 3.46. The molecule has 0 saturated carbocycles. The largest absolute Gasteiger partial charge is 0.467 e. The Labute approximate surface area is 217 Å². The first kappa shape index (κ1) is 23.1. The fourth-order valence-electron chi connectivity index (χ4n) is 4.90. The minimum absolute atomic E-state index is 0.165. The van der Waals surface area contributed by atoms with Crippen LogP contribution in [0.1, 0.15) is 29.7 Å². The summed E-state index contributed by atoms with van der Waals surface area (Å²) < 4.78 is 7.55. The minimum atomic E-state index is -1.08. The number of hydrogen-bond acceptors (Lipinski definition) is 3. The fourth-order valence-corrected chi connectivity index (χ4v) is 5.76. The van der Waals surface area contributed by atoms with Crippen LogP contribution in [0.2, 0.25) is 5.02 Å². The van der Waals surface area contributed by atoms with Crippen LogP contribution in [0, 0.1) is 19.8 Å². The predicted molar refractivity (Wildman–Crippen MR) is 144 cm³/mol. The first-order valence-corrected chi connectivity index (χ1v) is 12.5. The number of aryl methyl sites for hydroxylation is 2. The molecule has 0 aromatic heterocycles. The molecule has 2 aliphatic rings. The second-order valence-electron chi connectivity index (χ2n) is 8.86. The zero-order chi connectivity index (χ0) is 24.2. The number of nitrogens with zero attached hydrogens (tertiary/aromatic N) is 1. The maximum atomic E-state index is 13.9. The van der Waals surface area contributed by atoms with Crippen LogP contribution in [0.25, 0.3) is 0 Å². The molecule has 0 radical (unpaired) electrons. The van der Waals surface area contributed by atoms with Gasteiger partial charge in [0.05, 0.1) is 6.04 Å². The molecule has 2 heterocycles. The van der Waals surface area contributed by atoms with Crippen LogP contribution in [-0.2, 0) is 4.79 Å². The third-order valence-corrected chi connectivity index (χ3v) is 7.53. The highest BCUT2D eigenvalue weighted by atomic mass is 79.9. The van der Waals surface area contributed by atoms with Crippen molar-refractivity contribution in [1.82, 2.24) is 5.32 Å². The number of ether oxygens (including phenoxy) is 1. The minimum Gasteiger partial charge on any atom is -0.467 e. The van der Waals surface area contributed by atoms with Crippen molar-refractivity contribution in [3.63, 3.8) is 0 Å². The van der Waals surface area contributed by atoms with E-state index in [-0.39, 0.29) is 5.91 Å². The molecule has 0 aliphatic carbocycles. The van der Waals surface area contributed by atoms with Gasteiger partial charge in [-0.05, 0) is 87.1 Å². The van der Waals surface area contributed by atoms with Crippen LogP contribution in [-0.4, -0.2) is 16.7 Å². The number of hydrogen-bond donors (Lipinski definition) is 2. The van der Waals surface area contributed by atoms with Gasteiger partial charge in [-0.2, -0.15) is 0 Å². The fraction of sp³-hybridized carbons (Fsp3) is 0.231.